The van der Waals surface area contributed by atoms with Gasteiger partial charge < -0.3 is 10.4 Å². The maximum absolute atomic E-state index is 9.52. The molecule has 3 nitrogen and oxygen atoms in total. The van der Waals surface area contributed by atoms with E-state index in [-0.39, 0.29) is 0 Å². The van der Waals surface area contributed by atoms with Crippen molar-refractivity contribution in [2.24, 2.45) is 0 Å². The molecule has 0 amide bonds. The second-order valence-electron chi connectivity index (χ2n) is 2.83. The van der Waals surface area contributed by atoms with Gasteiger partial charge in [-0.25, -0.2) is 0 Å². The Morgan fingerprint density at radius 1 is 1.67 bits per heavy atom. The van der Waals surface area contributed by atoms with Gasteiger partial charge in [-0.2, -0.15) is 0 Å². The molecular formula is C9H14N2O. The molecule has 0 fully saturated rings. The molecule has 3 heteroatoms. The lowest BCUT2D eigenvalue weighted by atomic mass is 10.2. The van der Waals surface area contributed by atoms with Gasteiger partial charge >= 0.3 is 0 Å². The van der Waals surface area contributed by atoms with Gasteiger partial charge in [0.05, 0.1) is 5.69 Å². The van der Waals surface area contributed by atoms with Gasteiger partial charge in [0.2, 0.25) is 0 Å². The molecule has 0 saturated heterocycles. The first-order chi connectivity index (χ1) is 5.74. The van der Waals surface area contributed by atoms with Crippen LogP contribution < -0.4 is 5.32 Å². The van der Waals surface area contributed by atoms with E-state index in [4.69, 9.17) is 0 Å². The smallest absolute Gasteiger partial charge is 0.108 e. The first-order valence-electron chi connectivity index (χ1n) is 3.99. The molecule has 1 unspecified atom stereocenters. The quantitative estimate of drug-likeness (QED) is 0.692. The summed E-state index contributed by atoms with van der Waals surface area (Å²) in [6, 6.07) is 3.80. The lowest BCUT2D eigenvalue weighted by Crippen LogP contribution is -2.17. The summed E-state index contributed by atoms with van der Waals surface area (Å²) >= 11 is 0. The molecule has 1 aromatic rings. The number of hydrogen-bond donors (Lipinski definition) is 2. The van der Waals surface area contributed by atoms with E-state index >= 15 is 0 Å². The average molecular weight is 166 g/mol. The first kappa shape index (κ1) is 9.16. The van der Waals surface area contributed by atoms with Crippen LogP contribution in [-0.4, -0.2) is 23.7 Å². The van der Waals surface area contributed by atoms with Gasteiger partial charge in [0.15, 0.2) is 0 Å². The molecule has 0 bridgehead atoms. The monoisotopic (exact) mass is 166 g/mol. The van der Waals surface area contributed by atoms with Gasteiger partial charge in [-0.3, -0.25) is 4.98 Å². The lowest BCUT2D eigenvalue weighted by molar-refractivity contribution is 0.173. The third kappa shape index (κ3) is 2.29. The number of hydrogen-bond acceptors (Lipinski definition) is 3. The normalized spacial score (nSPS) is 12.9. The molecule has 0 aliphatic carbocycles. The highest BCUT2D eigenvalue weighted by Gasteiger charge is 2.06. The Morgan fingerprint density at radius 3 is 3.00 bits per heavy atom. The zero-order valence-corrected chi connectivity index (χ0v) is 7.41. The highest BCUT2D eigenvalue weighted by Crippen LogP contribution is 2.09. The number of aliphatic hydroxyl groups is 1. The summed E-state index contributed by atoms with van der Waals surface area (Å²) in [5, 5.41) is 12.4. The van der Waals surface area contributed by atoms with Crippen LogP contribution in [0, 0.1) is 6.92 Å². The third-order valence-corrected chi connectivity index (χ3v) is 1.68. The van der Waals surface area contributed by atoms with Crippen molar-refractivity contribution in [3.63, 3.8) is 0 Å². The first-order valence-corrected chi connectivity index (χ1v) is 3.99. The molecule has 0 saturated carbocycles. The fourth-order valence-corrected chi connectivity index (χ4v) is 1.04. The van der Waals surface area contributed by atoms with E-state index < -0.39 is 6.10 Å². The largest absolute Gasteiger partial charge is 0.385 e. The second kappa shape index (κ2) is 4.18. The number of aryl methyl sites for hydroxylation is 1. The molecule has 0 spiro atoms. The molecule has 0 aliphatic heterocycles. The van der Waals surface area contributed by atoms with Crippen molar-refractivity contribution in [2.45, 2.75) is 13.0 Å². The zero-order chi connectivity index (χ0) is 8.97. The molecule has 0 aliphatic rings. The fraction of sp³-hybridized carbons (Fsp3) is 0.444. The van der Waals surface area contributed by atoms with Crippen molar-refractivity contribution >= 4 is 0 Å². The number of aliphatic hydroxyl groups excluding tert-OH is 1. The van der Waals surface area contributed by atoms with Crippen LogP contribution in [0.3, 0.4) is 0 Å². The van der Waals surface area contributed by atoms with Crippen LogP contribution in [0.4, 0.5) is 0 Å². The van der Waals surface area contributed by atoms with E-state index in [1.807, 2.05) is 19.1 Å². The Kier molecular flexibility index (Phi) is 3.19. The molecule has 0 aromatic carbocycles. The second-order valence-corrected chi connectivity index (χ2v) is 2.83. The van der Waals surface area contributed by atoms with Gasteiger partial charge in [-0.15, -0.1) is 0 Å². The summed E-state index contributed by atoms with van der Waals surface area (Å²) in [5.74, 6) is 0. The Balaban J connectivity index is 2.73. The standard InChI is InChI=1S/C9H14N2O/c1-7-3-4-11-8(5-7)9(12)6-10-2/h3-5,9-10,12H,6H2,1-2H3. The Labute approximate surface area is 72.5 Å². The zero-order valence-electron chi connectivity index (χ0n) is 7.41. The van der Waals surface area contributed by atoms with Gasteiger partial charge in [-0.1, -0.05) is 0 Å². The van der Waals surface area contributed by atoms with Crippen LogP contribution in [0.5, 0.6) is 0 Å². The van der Waals surface area contributed by atoms with Crippen LogP contribution >= 0.6 is 0 Å². The van der Waals surface area contributed by atoms with Crippen LogP contribution in [0.2, 0.25) is 0 Å². The van der Waals surface area contributed by atoms with E-state index in [0.29, 0.717) is 6.54 Å². The van der Waals surface area contributed by atoms with E-state index in [1.54, 1.807) is 13.2 Å². The Hall–Kier alpha value is -0.930. The number of rotatable bonds is 3. The molecule has 1 heterocycles. The van der Waals surface area contributed by atoms with E-state index in [9.17, 15) is 5.11 Å². The number of nitrogens with zero attached hydrogens (tertiary/aromatic N) is 1. The molecule has 2 N–H and O–H groups in total. The average Bonchev–Trinajstić information content (AvgIpc) is 2.05. The summed E-state index contributed by atoms with van der Waals surface area (Å²) in [6.45, 7) is 2.52. The molecule has 0 radical (unpaired) electrons. The van der Waals surface area contributed by atoms with Gasteiger partial charge in [0.25, 0.3) is 0 Å². The molecule has 66 valence electrons. The van der Waals surface area contributed by atoms with Crippen molar-refractivity contribution in [3.8, 4) is 0 Å². The number of aromatic nitrogens is 1. The highest BCUT2D eigenvalue weighted by atomic mass is 16.3. The number of nitrogens with one attached hydrogen (secondary N) is 1. The van der Waals surface area contributed by atoms with Gasteiger partial charge in [0.1, 0.15) is 6.10 Å². The lowest BCUT2D eigenvalue weighted by Gasteiger charge is -2.08. The van der Waals surface area contributed by atoms with E-state index in [0.717, 1.165) is 11.3 Å². The minimum atomic E-state index is -0.505. The fourth-order valence-electron chi connectivity index (χ4n) is 1.04. The molecule has 1 aromatic heterocycles. The predicted molar refractivity (Wildman–Crippen MR) is 47.9 cm³/mol. The van der Waals surface area contributed by atoms with Crippen LogP contribution in [0.15, 0.2) is 18.3 Å². The summed E-state index contributed by atoms with van der Waals surface area (Å²) in [4.78, 5) is 4.07. The number of likely N-dealkylation sites (N-methyl/N-ethyl adjacent to an activating group) is 1. The van der Waals surface area contributed by atoms with Gasteiger partial charge in [0, 0.05) is 12.7 Å². The maximum Gasteiger partial charge on any atom is 0.108 e. The van der Waals surface area contributed by atoms with E-state index in [2.05, 4.69) is 10.3 Å². The Bertz CT molecular complexity index is 250. The summed E-state index contributed by atoms with van der Waals surface area (Å²) in [5.41, 5.74) is 1.85. The minimum Gasteiger partial charge on any atom is -0.385 e. The Morgan fingerprint density at radius 2 is 2.42 bits per heavy atom. The molecule has 12 heavy (non-hydrogen) atoms. The van der Waals surface area contributed by atoms with Crippen LogP contribution in [-0.2, 0) is 0 Å². The van der Waals surface area contributed by atoms with Crippen LogP contribution in [0.25, 0.3) is 0 Å². The summed E-state index contributed by atoms with van der Waals surface area (Å²) in [6.07, 6.45) is 1.21. The molecule has 1 atom stereocenters. The summed E-state index contributed by atoms with van der Waals surface area (Å²) < 4.78 is 0. The maximum atomic E-state index is 9.52. The topological polar surface area (TPSA) is 45.1 Å². The van der Waals surface area contributed by atoms with Crippen molar-refractivity contribution in [2.75, 3.05) is 13.6 Å². The van der Waals surface area contributed by atoms with Gasteiger partial charge in [-0.05, 0) is 31.7 Å². The van der Waals surface area contributed by atoms with Crippen molar-refractivity contribution < 1.29 is 5.11 Å². The number of pyridine rings is 1. The molecular weight excluding hydrogens is 152 g/mol. The van der Waals surface area contributed by atoms with E-state index in [1.165, 1.54) is 0 Å². The third-order valence-electron chi connectivity index (χ3n) is 1.68. The van der Waals surface area contributed by atoms with Crippen molar-refractivity contribution in [1.82, 2.24) is 10.3 Å². The SMILES string of the molecule is CNCC(O)c1cc(C)ccn1. The predicted octanol–water partition coefficient (Wildman–Crippen LogP) is 0.643. The highest BCUT2D eigenvalue weighted by molar-refractivity contribution is 5.16. The molecule has 1 rings (SSSR count). The minimum absolute atomic E-state index is 0.505. The summed E-state index contributed by atoms with van der Waals surface area (Å²) in [7, 11) is 1.80. The van der Waals surface area contributed by atoms with Crippen LogP contribution in [0.1, 0.15) is 17.4 Å². The van der Waals surface area contributed by atoms with Crippen molar-refractivity contribution in [1.29, 1.82) is 0 Å². The van der Waals surface area contributed by atoms with Crippen molar-refractivity contribution in [3.05, 3.63) is 29.6 Å².